The molecule has 14 heteroatoms. The van der Waals surface area contributed by atoms with Gasteiger partial charge in [0.05, 0.1) is 12.8 Å². The topological polar surface area (TPSA) is 156 Å². The molecule has 0 fully saturated rings. The molecule has 0 radical (unpaired) electrons. The molecule has 3 N–H and O–H groups in total. The Bertz CT molecular complexity index is 1740. The lowest BCUT2D eigenvalue weighted by molar-refractivity contribution is 0.0947. The van der Waals surface area contributed by atoms with Crippen LogP contribution in [-0.2, 0) is 6.61 Å². The number of benzene rings is 3. The lowest BCUT2D eigenvalue weighted by atomic mass is 10.1. The van der Waals surface area contributed by atoms with Crippen molar-refractivity contribution >= 4 is 40.6 Å². The zero-order valence-corrected chi connectivity index (χ0v) is 23.2. The average molecular weight is 593 g/mol. The number of rotatable bonds is 9. The zero-order chi connectivity index (χ0) is 28.9. The largest absolute Gasteiger partial charge is 0.493 e. The van der Waals surface area contributed by atoms with E-state index >= 15 is 0 Å². The Hall–Kier alpha value is -4.94. The van der Waals surface area contributed by atoms with Gasteiger partial charge in [0.1, 0.15) is 12.3 Å². The molecular formula is C27H22Cl2N8O4. The number of hydrazone groups is 1. The standard InChI is InChI=1S/C27H22Cl2N8O4/c1-15(17-9-11-21(22(12-17)39-2)40-14-18-8-10-19(28)13-20(18)29)31-33-27(38)24-23(16-6-4-3-5-7-16)32-36-37(24)26-25(30)34-41-35-26/h3-13H,14H2,1-2H3,(H2,30,34)(H,33,38). The van der Waals surface area contributed by atoms with Gasteiger partial charge in [-0.1, -0.05) is 64.8 Å². The molecule has 2 aromatic heterocycles. The number of amides is 1. The minimum atomic E-state index is -0.609. The van der Waals surface area contributed by atoms with Gasteiger partial charge in [-0.25, -0.2) is 10.1 Å². The third-order valence-electron chi connectivity index (χ3n) is 5.93. The number of hydrogen-bond donors (Lipinski definition) is 2. The number of hydrogen-bond acceptors (Lipinski definition) is 10. The average Bonchev–Trinajstić information content (AvgIpc) is 3.61. The molecule has 12 nitrogen and oxygen atoms in total. The van der Waals surface area contributed by atoms with Gasteiger partial charge in [0.25, 0.3) is 5.91 Å². The molecule has 5 aromatic rings. The first-order chi connectivity index (χ1) is 19.9. The summed E-state index contributed by atoms with van der Waals surface area (Å²) in [4.78, 5) is 13.4. The van der Waals surface area contributed by atoms with E-state index in [1.807, 2.05) is 18.2 Å². The Labute approximate surface area is 243 Å². The second-order valence-corrected chi connectivity index (χ2v) is 9.41. The van der Waals surface area contributed by atoms with Crippen molar-refractivity contribution in [2.24, 2.45) is 5.10 Å². The Balaban J connectivity index is 1.37. The van der Waals surface area contributed by atoms with Crippen LogP contribution in [0.5, 0.6) is 11.5 Å². The summed E-state index contributed by atoms with van der Waals surface area (Å²) in [6.07, 6.45) is 0. The summed E-state index contributed by atoms with van der Waals surface area (Å²) in [5.41, 5.74) is 11.3. The first kappa shape index (κ1) is 27.6. The van der Waals surface area contributed by atoms with Crippen molar-refractivity contribution in [3.05, 3.63) is 93.6 Å². The fourth-order valence-electron chi connectivity index (χ4n) is 3.82. The molecule has 0 saturated carbocycles. The molecule has 0 aliphatic rings. The number of nitrogens with zero attached hydrogens (tertiary/aromatic N) is 6. The normalized spacial score (nSPS) is 11.4. The van der Waals surface area contributed by atoms with Crippen molar-refractivity contribution in [3.63, 3.8) is 0 Å². The van der Waals surface area contributed by atoms with E-state index < -0.39 is 5.91 Å². The summed E-state index contributed by atoms with van der Waals surface area (Å²) in [6, 6.07) is 19.5. The molecule has 2 heterocycles. The van der Waals surface area contributed by atoms with E-state index in [0.717, 1.165) is 10.2 Å². The van der Waals surface area contributed by atoms with Crippen molar-refractivity contribution in [3.8, 4) is 28.6 Å². The van der Waals surface area contributed by atoms with Gasteiger partial charge in [-0.05, 0) is 47.6 Å². The number of aromatic nitrogens is 5. The zero-order valence-electron chi connectivity index (χ0n) is 21.7. The number of carbonyl (C=O) groups is 1. The minimum Gasteiger partial charge on any atom is -0.493 e. The van der Waals surface area contributed by atoms with Crippen LogP contribution in [0.3, 0.4) is 0 Å². The Kier molecular flexibility index (Phi) is 8.13. The number of anilines is 1. The van der Waals surface area contributed by atoms with Crippen LogP contribution >= 0.6 is 23.2 Å². The van der Waals surface area contributed by atoms with Gasteiger partial charge in [0.15, 0.2) is 17.2 Å². The monoisotopic (exact) mass is 592 g/mol. The number of methoxy groups -OCH3 is 1. The van der Waals surface area contributed by atoms with Crippen LogP contribution in [0.25, 0.3) is 17.1 Å². The van der Waals surface area contributed by atoms with E-state index in [0.29, 0.717) is 44.1 Å². The molecule has 0 saturated heterocycles. The number of nitrogens with one attached hydrogen (secondary N) is 1. The Morgan fingerprint density at radius 1 is 1.07 bits per heavy atom. The highest BCUT2D eigenvalue weighted by molar-refractivity contribution is 6.35. The maximum Gasteiger partial charge on any atom is 0.292 e. The number of halogens is 2. The summed E-state index contributed by atoms with van der Waals surface area (Å²) >= 11 is 12.2. The van der Waals surface area contributed by atoms with Crippen LogP contribution in [0.2, 0.25) is 10.0 Å². The van der Waals surface area contributed by atoms with Gasteiger partial charge in [-0.15, -0.1) is 5.10 Å². The number of nitrogens with two attached hydrogens (primary N) is 1. The van der Waals surface area contributed by atoms with E-state index in [2.05, 4.69) is 35.8 Å². The third-order valence-corrected chi connectivity index (χ3v) is 6.52. The lowest BCUT2D eigenvalue weighted by Gasteiger charge is -2.13. The molecule has 0 bridgehead atoms. The van der Waals surface area contributed by atoms with Gasteiger partial charge >= 0.3 is 0 Å². The first-order valence-corrected chi connectivity index (χ1v) is 12.8. The van der Waals surface area contributed by atoms with E-state index in [4.69, 9.17) is 38.4 Å². The third kappa shape index (κ3) is 5.98. The summed E-state index contributed by atoms with van der Waals surface area (Å²) in [7, 11) is 1.53. The van der Waals surface area contributed by atoms with Gasteiger partial charge in [0, 0.05) is 26.7 Å². The number of nitrogen functional groups attached to an aromatic ring is 1. The van der Waals surface area contributed by atoms with Crippen molar-refractivity contribution in [2.75, 3.05) is 12.8 Å². The summed E-state index contributed by atoms with van der Waals surface area (Å²) in [5, 5.41) is 20.8. The fraction of sp³-hybridized carbons (Fsp3) is 0.111. The molecule has 0 aliphatic heterocycles. The van der Waals surface area contributed by atoms with Crippen LogP contribution in [0.15, 0.2) is 76.5 Å². The Morgan fingerprint density at radius 3 is 2.59 bits per heavy atom. The maximum atomic E-state index is 13.4. The molecule has 0 atom stereocenters. The number of ether oxygens (including phenoxy) is 2. The summed E-state index contributed by atoms with van der Waals surface area (Å²) in [5.74, 6) is 0.320. The smallest absolute Gasteiger partial charge is 0.292 e. The van der Waals surface area contributed by atoms with Crippen molar-refractivity contribution in [1.29, 1.82) is 0 Å². The van der Waals surface area contributed by atoms with Gasteiger partial charge in [0.2, 0.25) is 11.6 Å². The van der Waals surface area contributed by atoms with E-state index in [-0.39, 0.29) is 23.9 Å². The second kappa shape index (κ2) is 12.1. The molecule has 3 aromatic carbocycles. The summed E-state index contributed by atoms with van der Waals surface area (Å²) in [6.45, 7) is 1.95. The quantitative estimate of drug-likeness (QED) is 0.178. The highest BCUT2D eigenvalue weighted by Crippen LogP contribution is 2.31. The van der Waals surface area contributed by atoms with Crippen LogP contribution in [0.4, 0.5) is 5.82 Å². The molecule has 5 rings (SSSR count). The van der Waals surface area contributed by atoms with Gasteiger partial charge < -0.3 is 15.2 Å². The first-order valence-electron chi connectivity index (χ1n) is 12.0. The molecule has 208 valence electrons. The van der Waals surface area contributed by atoms with Crippen LogP contribution in [-0.4, -0.2) is 44.0 Å². The Morgan fingerprint density at radius 2 is 1.88 bits per heavy atom. The predicted molar refractivity (Wildman–Crippen MR) is 153 cm³/mol. The van der Waals surface area contributed by atoms with Crippen molar-refractivity contribution in [1.82, 2.24) is 30.7 Å². The molecule has 0 spiro atoms. The van der Waals surface area contributed by atoms with E-state index in [9.17, 15) is 4.79 Å². The molecule has 0 unspecified atom stereocenters. The molecule has 1 amide bonds. The maximum absolute atomic E-state index is 13.4. The minimum absolute atomic E-state index is 0.0192. The highest BCUT2D eigenvalue weighted by atomic mass is 35.5. The van der Waals surface area contributed by atoms with Crippen molar-refractivity contribution < 1.29 is 18.9 Å². The SMILES string of the molecule is COc1cc(C(C)=NNC(=O)c2c(-c3ccccc3)nnn2-c2nonc2N)ccc1OCc1ccc(Cl)cc1Cl. The fourth-order valence-corrected chi connectivity index (χ4v) is 4.28. The van der Waals surface area contributed by atoms with Gasteiger partial charge in [-0.3, -0.25) is 4.79 Å². The van der Waals surface area contributed by atoms with Crippen LogP contribution < -0.4 is 20.6 Å². The van der Waals surface area contributed by atoms with Crippen LogP contribution in [0.1, 0.15) is 28.5 Å². The van der Waals surface area contributed by atoms with E-state index in [1.54, 1.807) is 55.5 Å². The van der Waals surface area contributed by atoms with Crippen molar-refractivity contribution in [2.45, 2.75) is 13.5 Å². The number of carbonyl (C=O) groups excluding carboxylic acids is 1. The second-order valence-electron chi connectivity index (χ2n) is 8.57. The lowest BCUT2D eigenvalue weighted by Crippen LogP contribution is -2.23. The van der Waals surface area contributed by atoms with Crippen LogP contribution in [0, 0.1) is 0 Å². The molecule has 41 heavy (non-hydrogen) atoms. The predicted octanol–water partition coefficient (Wildman–Crippen LogP) is 4.95. The molecule has 0 aliphatic carbocycles. The van der Waals surface area contributed by atoms with Gasteiger partial charge in [-0.2, -0.15) is 9.78 Å². The molecular weight excluding hydrogens is 571 g/mol. The van der Waals surface area contributed by atoms with E-state index in [1.165, 1.54) is 7.11 Å². The highest BCUT2D eigenvalue weighted by Gasteiger charge is 2.26. The summed E-state index contributed by atoms with van der Waals surface area (Å²) < 4.78 is 17.3.